The summed E-state index contributed by atoms with van der Waals surface area (Å²) < 4.78 is 27.0. The summed E-state index contributed by atoms with van der Waals surface area (Å²) in [4.78, 5) is 22.3. The van der Waals surface area contributed by atoms with E-state index >= 15 is 0 Å². The molecule has 0 aromatic heterocycles. The van der Waals surface area contributed by atoms with Gasteiger partial charge in [-0.1, -0.05) is 24.3 Å². The van der Waals surface area contributed by atoms with Crippen molar-refractivity contribution in [3.8, 4) is 0 Å². The minimum absolute atomic E-state index is 0. The molecule has 21 heavy (non-hydrogen) atoms. The minimum Gasteiger partial charge on any atom is 0 e. The monoisotopic (exact) mass is 324 g/mol. The first-order valence-corrected chi connectivity index (χ1v) is 4.79. The maximum atomic E-state index is 11.4. The summed E-state index contributed by atoms with van der Waals surface area (Å²) in [5, 5.41) is 0. The molecule has 0 spiro atoms. The topological polar surface area (TPSA) is 103 Å². The van der Waals surface area contributed by atoms with Crippen LogP contribution in [0.3, 0.4) is 0 Å². The van der Waals surface area contributed by atoms with Crippen LogP contribution in [0.15, 0.2) is 30.3 Å². The normalized spacial score (nSPS) is 11.0. The number of hydrogen-bond acceptors (Lipinski definition) is 3. The average molecular weight is 324 g/mol. The molecule has 1 aliphatic carbocycles. The summed E-state index contributed by atoms with van der Waals surface area (Å²) in [6, 6.07) is 7.18. The van der Waals surface area contributed by atoms with Crippen LogP contribution in [0.5, 0.6) is 0 Å². The molecule has 1 aromatic rings. The largest absolute Gasteiger partial charge is 0 e. The van der Waals surface area contributed by atoms with Gasteiger partial charge in [0.25, 0.3) is 0 Å². The third-order valence-electron chi connectivity index (χ3n) is 2.17. The van der Waals surface area contributed by atoms with Crippen LogP contribution < -0.4 is 0 Å². The summed E-state index contributed by atoms with van der Waals surface area (Å²) in [5.74, 6) is -0.589. The van der Waals surface area contributed by atoms with Crippen LogP contribution in [0.4, 0.5) is 0 Å². The van der Waals surface area contributed by atoms with Crippen molar-refractivity contribution in [2.75, 3.05) is 7.11 Å². The third kappa shape index (κ3) is 6.22. The molecular weight excluding hydrogens is 316 g/mol. The zero-order chi connectivity index (χ0) is 16.1. The molecule has 0 saturated heterocycles. The Balaban J connectivity index is -0.000000414. The van der Waals surface area contributed by atoms with Gasteiger partial charge in [0, 0.05) is 34.6 Å². The molecule has 6 nitrogen and oxygen atoms in total. The molecule has 0 N–H and O–H groups in total. The molecule has 0 atom stereocenters. The Kier molecular flexibility index (Phi) is 16.2. The number of methoxy groups -OCH3 is 1. The molecule has 1 aliphatic rings. The SMILES string of the molecule is COC(=O)/C=C1/C(=O)c2ccccc21.[C-]#[O+].[C-]#[O+].[C-]#[O+].[Cr]. The van der Waals surface area contributed by atoms with Gasteiger partial charge in [0.1, 0.15) is 0 Å². The van der Waals surface area contributed by atoms with Crippen molar-refractivity contribution in [2.45, 2.75) is 0 Å². The molecule has 2 rings (SSSR count). The van der Waals surface area contributed by atoms with Crippen molar-refractivity contribution in [3.63, 3.8) is 0 Å². The molecule has 0 saturated carbocycles. The number of carbonyl (C=O) groups is 2. The number of ether oxygens (including phenoxy) is 1. The summed E-state index contributed by atoms with van der Waals surface area (Å²) >= 11 is 0. The van der Waals surface area contributed by atoms with Gasteiger partial charge in [0.15, 0.2) is 5.78 Å². The Bertz CT molecular complexity index is 554. The van der Waals surface area contributed by atoms with Gasteiger partial charge in [-0.25, -0.2) is 4.79 Å². The summed E-state index contributed by atoms with van der Waals surface area (Å²) in [6.45, 7) is 13.5. The van der Waals surface area contributed by atoms with Crippen LogP contribution in [0.25, 0.3) is 5.57 Å². The molecule has 0 bridgehead atoms. The third-order valence-corrected chi connectivity index (χ3v) is 2.17. The molecular formula is C14H8CrO6. The van der Waals surface area contributed by atoms with E-state index in [1.165, 1.54) is 13.2 Å². The number of carbonyl (C=O) groups excluding carboxylic acids is 2. The zero-order valence-electron chi connectivity index (χ0n) is 10.7. The quantitative estimate of drug-likeness (QED) is 0.337. The first-order valence-electron chi connectivity index (χ1n) is 4.79. The summed E-state index contributed by atoms with van der Waals surface area (Å²) in [5.41, 5.74) is 1.93. The molecule has 0 heterocycles. The molecule has 0 aliphatic heterocycles. The van der Waals surface area contributed by atoms with E-state index in [1.54, 1.807) is 12.1 Å². The molecule has 106 valence electrons. The van der Waals surface area contributed by atoms with E-state index < -0.39 is 5.97 Å². The smallest absolute Gasteiger partial charge is 0 e. The molecule has 0 unspecified atom stereocenters. The van der Waals surface area contributed by atoms with Gasteiger partial charge in [0.2, 0.25) is 0 Å². The number of ketones is 1. The van der Waals surface area contributed by atoms with E-state index in [1.807, 2.05) is 12.1 Å². The van der Waals surface area contributed by atoms with Gasteiger partial charge in [-0.15, -0.1) is 0 Å². The van der Waals surface area contributed by atoms with Crippen molar-refractivity contribution in [1.82, 2.24) is 0 Å². The average Bonchev–Trinajstić information content (AvgIpc) is 2.57. The van der Waals surface area contributed by atoms with E-state index in [9.17, 15) is 9.59 Å². The number of benzene rings is 1. The van der Waals surface area contributed by atoms with Gasteiger partial charge in [-0.05, 0) is 5.56 Å². The van der Waals surface area contributed by atoms with Crippen LogP contribution in [0.1, 0.15) is 15.9 Å². The van der Waals surface area contributed by atoms with Crippen LogP contribution >= 0.6 is 0 Å². The molecule has 7 heteroatoms. The number of esters is 1. The van der Waals surface area contributed by atoms with E-state index in [-0.39, 0.29) is 23.1 Å². The maximum absolute atomic E-state index is 11.4. The molecule has 1 aromatic carbocycles. The van der Waals surface area contributed by atoms with Gasteiger partial charge in [-0.2, -0.15) is 0 Å². The van der Waals surface area contributed by atoms with Crippen molar-refractivity contribution in [2.24, 2.45) is 0 Å². The number of Topliss-reactive ketones (excluding diaryl/α,β-unsaturated/α-hetero) is 1. The minimum atomic E-state index is -0.497. The van der Waals surface area contributed by atoms with Gasteiger partial charge in [-0.3, -0.25) is 4.79 Å². The second-order valence-corrected chi connectivity index (χ2v) is 2.96. The van der Waals surface area contributed by atoms with Crippen molar-refractivity contribution in [3.05, 3.63) is 61.4 Å². The van der Waals surface area contributed by atoms with Crippen molar-refractivity contribution in [1.29, 1.82) is 0 Å². The molecule has 0 radical (unpaired) electrons. The van der Waals surface area contributed by atoms with Crippen LogP contribution in [0.2, 0.25) is 0 Å². The van der Waals surface area contributed by atoms with Crippen LogP contribution in [0, 0.1) is 20.0 Å². The second-order valence-electron chi connectivity index (χ2n) is 2.96. The Morgan fingerprint density at radius 3 is 1.90 bits per heavy atom. The Labute approximate surface area is 132 Å². The first-order chi connectivity index (χ1) is 9.74. The molecule has 0 amide bonds. The Morgan fingerprint density at radius 1 is 1.05 bits per heavy atom. The zero-order valence-corrected chi connectivity index (χ0v) is 12.0. The Morgan fingerprint density at radius 2 is 1.48 bits per heavy atom. The van der Waals surface area contributed by atoms with Gasteiger partial charge < -0.3 is 4.74 Å². The van der Waals surface area contributed by atoms with Crippen molar-refractivity contribution >= 4 is 17.3 Å². The fourth-order valence-corrected chi connectivity index (χ4v) is 1.44. The van der Waals surface area contributed by atoms with E-state index in [0.717, 1.165) is 5.56 Å². The number of hydrogen-bond donors (Lipinski definition) is 0. The van der Waals surface area contributed by atoms with E-state index in [4.69, 9.17) is 14.0 Å². The van der Waals surface area contributed by atoms with Crippen LogP contribution in [-0.2, 0) is 40.8 Å². The number of allylic oxidation sites excluding steroid dienone is 1. The van der Waals surface area contributed by atoms with E-state index in [0.29, 0.717) is 11.1 Å². The van der Waals surface area contributed by atoms with Crippen molar-refractivity contribution < 1.29 is 45.6 Å². The first kappa shape index (κ1) is 23.9. The van der Waals surface area contributed by atoms with Crippen LogP contribution in [-0.4, -0.2) is 18.9 Å². The van der Waals surface area contributed by atoms with Gasteiger partial charge in [0.05, 0.1) is 7.11 Å². The molecule has 0 fully saturated rings. The number of rotatable bonds is 1. The predicted molar refractivity (Wildman–Crippen MR) is 62.6 cm³/mol. The maximum Gasteiger partial charge on any atom is 0 e. The standard InChI is InChI=1S/C11H8O3.3CO.Cr/c1-14-10(12)6-9-7-4-2-3-5-8(7)11(9)13;3*1-2;/h2-6H,1H3;;;;/b9-6+;;;;. The fourth-order valence-electron chi connectivity index (χ4n) is 1.44. The van der Waals surface area contributed by atoms with E-state index in [2.05, 4.69) is 24.7 Å². The fraction of sp³-hybridized carbons (Fsp3) is 0.0714. The summed E-state index contributed by atoms with van der Waals surface area (Å²) in [6.07, 6.45) is 1.23. The van der Waals surface area contributed by atoms with Gasteiger partial charge >= 0.3 is 39.9 Å². The Hall–Kier alpha value is -2.15. The number of fused-ring (bicyclic) bond motifs is 1. The predicted octanol–water partition coefficient (Wildman–Crippen LogP) is 1.32. The summed E-state index contributed by atoms with van der Waals surface area (Å²) in [7, 11) is 1.29. The second kappa shape index (κ2) is 14.3.